The molecular formula is C19H24N2O4. The Morgan fingerprint density at radius 3 is 2.84 bits per heavy atom. The van der Waals surface area contributed by atoms with Crippen LogP contribution < -0.4 is 4.74 Å². The van der Waals surface area contributed by atoms with Gasteiger partial charge in [-0.2, -0.15) is 0 Å². The molecule has 0 aliphatic carbocycles. The number of benzene rings is 1. The molecule has 1 fully saturated rings. The third-order valence-corrected chi connectivity index (χ3v) is 4.68. The minimum Gasteiger partial charge on any atom is -0.497 e. The Balaban J connectivity index is 1.70. The number of piperidine rings is 1. The summed E-state index contributed by atoms with van der Waals surface area (Å²) in [5.74, 6) is 2.16. The van der Waals surface area contributed by atoms with Gasteiger partial charge in [-0.15, -0.1) is 0 Å². The van der Waals surface area contributed by atoms with E-state index < -0.39 is 0 Å². The highest BCUT2D eigenvalue weighted by Crippen LogP contribution is 2.25. The number of likely N-dealkylation sites (tertiary alicyclic amines) is 1. The molecule has 1 amide bonds. The summed E-state index contributed by atoms with van der Waals surface area (Å²) in [5.41, 5.74) is 1.52. The van der Waals surface area contributed by atoms with E-state index in [-0.39, 0.29) is 24.9 Å². The Bertz CT molecular complexity index is 724. The molecule has 3 rings (SSSR count). The van der Waals surface area contributed by atoms with Crippen LogP contribution in [0, 0.1) is 12.8 Å². The van der Waals surface area contributed by atoms with Crippen LogP contribution in [0.15, 0.2) is 28.7 Å². The van der Waals surface area contributed by atoms with Crippen LogP contribution in [0.2, 0.25) is 0 Å². The zero-order chi connectivity index (χ0) is 17.8. The summed E-state index contributed by atoms with van der Waals surface area (Å²) >= 11 is 0. The smallest absolute Gasteiger partial charge is 0.228 e. The fourth-order valence-electron chi connectivity index (χ4n) is 3.14. The predicted octanol–water partition coefficient (Wildman–Crippen LogP) is 2.43. The number of aliphatic hydroxyl groups excluding tert-OH is 1. The molecule has 2 aromatic rings. The summed E-state index contributed by atoms with van der Waals surface area (Å²) in [4.78, 5) is 18.9. The molecule has 134 valence electrons. The molecule has 0 saturated carbocycles. The average Bonchev–Trinajstić information content (AvgIpc) is 3.02. The monoisotopic (exact) mass is 344 g/mol. The van der Waals surface area contributed by atoms with Gasteiger partial charge in [0.05, 0.1) is 19.2 Å². The van der Waals surface area contributed by atoms with Gasteiger partial charge in [0.2, 0.25) is 11.8 Å². The van der Waals surface area contributed by atoms with Crippen molar-refractivity contribution in [3.05, 3.63) is 35.7 Å². The van der Waals surface area contributed by atoms with E-state index in [1.54, 1.807) is 7.11 Å². The number of hydrogen-bond donors (Lipinski definition) is 1. The van der Waals surface area contributed by atoms with E-state index in [2.05, 4.69) is 4.98 Å². The molecule has 1 unspecified atom stereocenters. The lowest BCUT2D eigenvalue weighted by Gasteiger charge is -2.31. The molecule has 1 atom stereocenters. The first-order valence-electron chi connectivity index (χ1n) is 8.60. The minimum absolute atomic E-state index is 0.0378. The molecule has 0 spiro atoms. The zero-order valence-electron chi connectivity index (χ0n) is 14.7. The van der Waals surface area contributed by atoms with Gasteiger partial charge in [-0.3, -0.25) is 4.79 Å². The third-order valence-electron chi connectivity index (χ3n) is 4.68. The van der Waals surface area contributed by atoms with Crippen LogP contribution in [0.5, 0.6) is 5.75 Å². The first-order valence-corrected chi connectivity index (χ1v) is 8.60. The molecular weight excluding hydrogens is 320 g/mol. The predicted molar refractivity (Wildman–Crippen MR) is 93.3 cm³/mol. The van der Waals surface area contributed by atoms with Gasteiger partial charge >= 0.3 is 0 Å². The first-order chi connectivity index (χ1) is 12.1. The van der Waals surface area contributed by atoms with Crippen LogP contribution in [0.1, 0.15) is 24.3 Å². The number of aliphatic hydroxyl groups is 1. The normalized spacial score (nSPS) is 17.6. The largest absolute Gasteiger partial charge is 0.497 e. The number of hydrogen-bond acceptors (Lipinski definition) is 5. The molecule has 2 heterocycles. The molecule has 25 heavy (non-hydrogen) atoms. The molecule has 1 aliphatic heterocycles. The van der Waals surface area contributed by atoms with Gasteiger partial charge in [0, 0.05) is 25.3 Å². The highest BCUT2D eigenvalue weighted by Gasteiger charge is 2.24. The molecule has 0 radical (unpaired) electrons. The molecule has 1 aromatic heterocycles. The van der Waals surface area contributed by atoms with Crippen molar-refractivity contribution in [1.29, 1.82) is 0 Å². The number of methoxy groups -OCH3 is 1. The van der Waals surface area contributed by atoms with Crippen LogP contribution in [0.3, 0.4) is 0 Å². The van der Waals surface area contributed by atoms with Crippen molar-refractivity contribution in [3.8, 4) is 17.2 Å². The molecule has 6 heteroatoms. The van der Waals surface area contributed by atoms with Crippen molar-refractivity contribution in [2.24, 2.45) is 5.92 Å². The Hall–Kier alpha value is -2.34. The Kier molecular flexibility index (Phi) is 5.38. The zero-order valence-corrected chi connectivity index (χ0v) is 14.7. The number of oxazole rings is 1. The van der Waals surface area contributed by atoms with Gasteiger partial charge in [-0.05, 0) is 49.9 Å². The van der Waals surface area contributed by atoms with Crippen molar-refractivity contribution in [2.75, 3.05) is 26.8 Å². The molecule has 1 aromatic carbocycles. The summed E-state index contributed by atoms with van der Waals surface area (Å²) in [6, 6.07) is 7.46. The second-order valence-electron chi connectivity index (χ2n) is 6.46. The number of ether oxygens (including phenoxy) is 1. The van der Waals surface area contributed by atoms with Crippen molar-refractivity contribution in [3.63, 3.8) is 0 Å². The number of carbonyl (C=O) groups is 1. The number of nitrogens with zero attached hydrogens (tertiary/aromatic N) is 2. The summed E-state index contributed by atoms with van der Waals surface area (Å²) in [7, 11) is 1.62. The summed E-state index contributed by atoms with van der Waals surface area (Å²) in [6.07, 6.45) is 2.14. The molecule has 0 bridgehead atoms. The highest BCUT2D eigenvalue weighted by atomic mass is 16.5. The lowest BCUT2D eigenvalue weighted by atomic mass is 9.98. The van der Waals surface area contributed by atoms with Crippen LogP contribution in [0.25, 0.3) is 11.5 Å². The van der Waals surface area contributed by atoms with E-state index in [4.69, 9.17) is 9.15 Å². The van der Waals surface area contributed by atoms with E-state index in [1.807, 2.05) is 36.1 Å². The van der Waals surface area contributed by atoms with E-state index in [0.717, 1.165) is 30.7 Å². The van der Waals surface area contributed by atoms with Gasteiger partial charge in [0.15, 0.2) is 0 Å². The number of carbonyl (C=O) groups excluding carboxylic acids is 1. The van der Waals surface area contributed by atoms with Crippen LogP contribution in [0.4, 0.5) is 0 Å². The fourth-order valence-corrected chi connectivity index (χ4v) is 3.14. The fraction of sp³-hybridized carbons (Fsp3) is 0.474. The number of aryl methyl sites for hydroxylation is 1. The van der Waals surface area contributed by atoms with E-state index in [9.17, 15) is 9.90 Å². The van der Waals surface area contributed by atoms with E-state index in [0.29, 0.717) is 23.9 Å². The number of rotatable bonds is 5. The molecule has 6 nitrogen and oxygen atoms in total. The Morgan fingerprint density at radius 1 is 1.40 bits per heavy atom. The van der Waals surface area contributed by atoms with E-state index in [1.165, 1.54) is 0 Å². The topological polar surface area (TPSA) is 75.8 Å². The average molecular weight is 344 g/mol. The number of aromatic nitrogens is 1. The van der Waals surface area contributed by atoms with Crippen LogP contribution in [-0.4, -0.2) is 47.7 Å². The quantitative estimate of drug-likeness (QED) is 0.901. The maximum Gasteiger partial charge on any atom is 0.228 e. The number of amides is 1. The maximum absolute atomic E-state index is 12.6. The molecule has 1 aliphatic rings. The third kappa shape index (κ3) is 4.02. The Labute approximate surface area is 147 Å². The van der Waals surface area contributed by atoms with Gasteiger partial charge in [-0.25, -0.2) is 4.98 Å². The van der Waals surface area contributed by atoms with Gasteiger partial charge in [0.25, 0.3) is 0 Å². The summed E-state index contributed by atoms with van der Waals surface area (Å²) in [6.45, 7) is 3.33. The SMILES string of the molecule is COc1ccc(-c2nc(CC(=O)N3CCCC(CO)C3)c(C)o2)cc1. The minimum atomic E-state index is 0.0378. The van der Waals surface area contributed by atoms with Crippen molar-refractivity contribution >= 4 is 5.91 Å². The van der Waals surface area contributed by atoms with Crippen molar-refractivity contribution in [1.82, 2.24) is 9.88 Å². The Morgan fingerprint density at radius 2 is 2.16 bits per heavy atom. The van der Waals surface area contributed by atoms with E-state index >= 15 is 0 Å². The second-order valence-corrected chi connectivity index (χ2v) is 6.46. The maximum atomic E-state index is 12.6. The first kappa shape index (κ1) is 17.5. The van der Waals surface area contributed by atoms with Crippen LogP contribution in [-0.2, 0) is 11.2 Å². The molecule has 1 N–H and O–H groups in total. The van der Waals surface area contributed by atoms with Gasteiger partial charge < -0.3 is 19.2 Å². The highest BCUT2D eigenvalue weighted by molar-refractivity contribution is 5.78. The standard InChI is InChI=1S/C19H24N2O4/c1-13-17(10-18(23)21-9-3-4-14(11-21)12-22)20-19(25-13)15-5-7-16(24-2)8-6-15/h5-8,14,22H,3-4,9-12H2,1-2H3. The lowest BCUT2D eigenvalue weighted by molar-refractivity contribution is -0.132. The molecule has 1 saturated heterocycles. The second kappa shape index (κ2) is 7.70. The van der Waals surface area contributed by atoms with Gasteiger partial charge in [0.1, 0.15) is 11.5 Å². The van der Waals surface area contributed by atoms with Crippen molar-refractivity contribution < 1.29 is 19.1 Å². The van der Waals surface area contributed by atoms with Gasteiger partial charge in [-0.1, -0.05) is 0 Å². The summed E-state index contributed by atoms with van der Waals surface area (Å²) < 4.78 is 10.9. The summed E-state index contributed by atoms with van der Waals surface area (Å²) in [5, 5.41) is 9.32. The lowest BCUT2D eigenvalue weighted by Crippen LogP contribution is -2.41. The van der Waals surface area contributed by atoms with Crippen molar-refractivity contribution in [2.45, 2.75) is 26.2 Å². The van der Waals surface area contributed by atoms with Crippen LogP contribution >= 0.6 is 0 Å².